The van der Waals surface area contributed by atoms with Gasteiger partial charge in [-0.3, -0.25) is 20.4 Å². The lowest BCUT2D eigenvalue weighted by Gasteiger charge is -2.25. The first-order chi connectivity index (χ1) is 13.6. The molecule has 0 saturated carbocycles. The summed E-state index contributed by atoms with van der Waals surface area (Å²) in [7, 11) is 0. The van der Waals surface area contributed by atoms with Crippen molar-refractivity contribution in [1.29, 1.82) is 0 Å². The Morgan fingerprint density at radius 3 is 2.79 bits per heavy atom. The summed E-state index contributed by atoms with van der Waals surface area (Å²) in [4.78, 5) is 36.6. The summed E-state index contributed by atoms with van der Waals surface area (Å²) < 4.78 is 16.9. The molecule has 0 fully saturated rings. The third-order valence-electron chi connectivity index (χ3n) is 3.76. The van der Waals surface area contributed by atoms with Gasteiger partial charge in [-0.2, -0.15) is 4.68 Å². The van der Waals surface area contributed by atoms with E-state index < -0.39 is 30.2 Å². The zero-order valence-electron chi connectivity index (χ0n) is 14.3. The highest BCUT2D eigenvalue weighted by molar-refractivity contribution is 7.13. The molecule has 0 radical (unpaired) electrons. The van der Waals surface area contributed by atoms with E-state index in [-0.39, 0.29) is 12.5 Å². The van der Waals surface area contributed by atoms with Crippen LogP contribution < -0.4 is 26.1 Å². The molecule has 11 heteroatoms. The molecule has 1 atom stereocenters. The van der Waals surface area contributed by atoms with E-state index in [1.54, 1.807) is 36.4 Å². The lowest BCUT2D eigenvalue weighted by atomic mass is 10.2. The molecule has 144 valence electrons. The molecule has 0 aliphatic carbocycles. The monoisotopic (exact) mass is 402 g/mol. The van der Waals surface area contributed by atoms with Crippen molar-refractivity contribution in [2.75, 3.05) is 6.61 Å². The van der Waals surface area contributed by atoms with Crippen molar-refractivity contribution in [2.24, 2.45) is 0 Å². The van der Waals surface area contributed by atoms with Gasteiger partial charge in [0.1, 0.15) is 13.2 Å². The Hall–Kier alpha value is -3.60. The second kappa shape index (κ2) is 7.56. The number of hydrogen-bond acceptors (Lipinski definition) is 8. The molecular formula is C17H14N4O6S. The highest BCUT2D eigenvalue weighted by atomic mass is 32.1. The number of benzene rings is 1. The summed E-state index contributed by atoms with van der Waals surface area (Å²) in [6.45, 7) is -0.412. The van der Waals surface area contributed by atoms with Gasteiger partial charge in [0.25, 0.3) is 17.7 Å². The van der Waals surface area contributed by atoms with Crippen LogP contribution in [-0.4, -0.2) is 34.3 Å². The largest absolute Gasteiger partial charge is 0.485 e. The highest BCUT2D eigenvalue weighted by Crippen LogP contribution is 2.30. The summed E-state index contributed by atoms with van der Waals surface area (Å²) in [6, 6.07) is 10.5. The van der Waals surface area contributed by atoms with Crippen molar-refractivity contribution in [3.05, 3.63) is 52.3 Å². The molecule has 3 aromatic rings. The van der Waals surface area contributed by atoms with Gasteiger partial charge in [0, 0.05) is 0 Å². The Kier molecular flexibility index (Phi) is 4.81. The number of nitrogens with one attached hydrogen (secondary N) is 2. The Morgan fingerprint density at radius 1 is 1.18 bits per heavy atom. The molecule has 0 saturated heterocycles. The van der Waals surface area contributed by atoms with Crippen molar-refractivity contribution in [3.8, 4) is 22.3 Å². The first-order valence-electron chi connectivity index (χ1n) is 8.19. The number of hydrazine groups is 1. The molecular weight excluding hydrogens is 388 g/mol. The summed E-state index contributed by atoms with van der Waals surface area (Å²) >= 11 is 1.35. The molecule has 28 heavy (non-hydrogen) atoms. The third-order valence-corrected chi connectivity index (χ3v) is 4.62. The predicted octanol–water partition coefficient (Wildman–Crippen LogP) is 0.552. The zero-order valence-corrected chi connectivity index (χ0v) is 15.1. The lowest BCUT2D eigenvalue weighted by Crippen LogP contribution is -2.51. The van der Waals surface area contributed by atoms with E-state index in [0.29, 0.717) is 16.4 Å². The van der Waals surface area contributed by atoms with Crippen LogP contribution in [0.3, 0.4) is 0 Å². The van der Waals surface area contributed by atoms with Crippen molar-refractivity contribution in [3.63, 3.8) is 0 Å². The van der Waals surface area contributed by atoms with Crippen LogP contribution in [0, 0.1) is 0 Å². The second-order valence-electron chi connectivity index (χ2n) is 5.71. The summed E-state index contributed by atoms with van der Waals surface area (Å²) in [5.41, 5.74) is 4.45. The van der Waals surface area contributed by atoms with E-state index in [9.17, 15) is 14.4 Å². The Labute approximate surface area is 161 Å². The normalized spacial score (nSPS) is 15.1. The quantitative estimate of drug-likeness (QED) is 0.611. The van der Waals surface area contributed by atoms with E-state index in [4.69, 9.17) is 13.9 Å². The van der Waals surface area contributed by atoms with E-state index in [1.807, 2.05) is 5.38 Å². The number of carbonyl (C=O) groups is 2. The third kappa shape index (κ3) is 3.74. The number of hydrogen-bond donors (Lipinski definition) is 2. The summed E-state index contributed by atoms with van der Waals surface area (Å²) in [5.74, 6) is -0.903. The van der Waals surface area contributed by atoms with Crippen LogP contribution in [0.15, 0.2) is 51.0 Å². The number of fused-ring (bicyclic) bond motifs is 1. The van der Waals surface area contributed by atoms with Gasteiger partial charge in [-0.1, -0.05) is 18.2 Å². The van der Waals surface area contributed by atoms with Crippen molar-refractivity contribution < 1.29 is 23.5 Å². The fourth-order valence-electron chi connectivity index (χ4n) is 2.44. The summed E-state index contributed by atoms with van der Waals surface area (Å²) in [5, 5.41) is 5.78. The maximum Gasteiger partial charge on any atom is 0.437 e. The molecule has 4 rings (SSSR count). The van der Waals surface area contributed by atoms with Gasteiger partial charge in [0.2, 0.25) is 6.10 Å². The van der Waals surface area contributed by atoms with E-state index in [1.165, 1.54) is 11.3 Å². The number of amides is 2. The highest BCUT2D eigenvalue weighted by Gasteiger charge is 2.27. The zero-order chi connectivity index (χ0) is 19.5. The smallest absolute Gasteiger partial charge is 0.437 e. The van der Waals surface area contributed by atoms with Crippen LogP contribution in [0.5, 0.6) is 11.5 Å². The Morgan fingerprint density at radius 2 is 2.00 bits per heavy atom. The standard InChI is InChI=1S/C17H14N4O6S/c22-14(8-21-17(24)27-16(20-21)13-6-3-7-28-13)18-19-15(23)12-9-25-10-4-1-2-5-11(10)26-12/h1-7,12H,8-9H2,(H,18,22)(H,19,23)/t12-/m0/s1. The van der Waals surface area contributed by atoms with Crippen LogP contribution in [0.1, 0.15) is 0 Å². The van der Waals surface area contributed by atoms with E-state index in [0.717, 1.165) is 4.68 Å². The van der Waals surface area contributed by atoms with Crippen LogP contribution in [0.2, 0.25) is 0 Å². The molecule has 1 aromatic carbocycles. The van der Waals surface area contributed by atoms with Gasteiger partial charge >= 0.3 is 5.76 Å². The average Bonchev–Trinajstić information content (AvgIpc) is 3.36. The van der Waals surface area contributed by atoms with Crippen LogP contribution in [0.4, 0.5) is 0 Å². The van der Waals surface area contributed by atoms with E-state index >= 15 is 0 Å². The van der Waals surface area contributed by atoms with Gasteiger partial charge in [-0.15, -0.1) is 16.4 Å². The van der Waals surface area contributed by atoms with Gasteiger partial charge in [0.05, 0.1) is 4.88 Å². The molecule has 0 unspecified atom stereocenters. The van der Waals surface area contributed by atoms with Crippen LogP contribution in [0.25, 0.3) is 10.8 Å². The topological polar surface area (TPSA) is 125 Å². The molecule has 1 aliphatic heterocycles. The number of rotatable bonds is 4. The molecule has 10 nitrogen and oxygen atoms in total. The minimum Gasteiger partial charge on any atom is -0.485 e. The second-order valence-corrected chi connectivity index (χ2v) is 6.66. The van der Waals surface area contributed by atoms with Gasteiger partial charge in [0.15, 0.2) is 11.5 Å². The lowest BCUT2D eigenvalue weighted by molar-refractivity contribution is -0.135. The Balaban J connectivity index is 1.31. The summed E-state index contributed by atoms with van der Waals surface area (Å²) in [6.07, 6.45) is -0.921. The predicted molar refractivity (Wildman–Crippen MR) is 96.7 cm³/mol. The van der Waals surface area contributed by atoms with Crippen molar-refractivity contribution >= 4 is 23.2 Å². The van der Waals surface area contributed by atoms with Gasteiger partial charge in [-0.05, 0) is 23.6 Å². The minimum absolute atomic E-state index is 0.00559. The minimum atomic E-state index is -0.921. The molecule has 2 aromatic heterocycles. The molecule has 2 N–H and O–H groups in total. The van der Waals surface area contributed by atoms with Crippen LogP contribution >= 0.6 is 11.3 Å². The Bertz CT molecular complexity index is 1060. The number of thiophene rings is 1. The average molecular weight is 402 g/mol. The number of para-hydroxylation sites is 2. The molecule has 0 bridgehead atoms. The number of nitrogens with zero attached hydrogens (tertiary/aromatic N) is 2. The van der Waals surface area contributed by atoms with Gasteiger partial charge in [-0.25, -0.2) is 4.79 Å². The maximum atomic E-state index is 12.2. The number of aromatic nitrogens is 2. The first-order valence-corrected chi connectivity index (χ1v) is 9.07. The number of ether oxygens (including phenoxy) is 2. The molecule has 1 aliphatic rings. The SMILES string of the molecule is O=C(Cn1nc(-c2cccs2)oc1=O)NNC(=O)[C@@H]1COc2ccccc2O1. The van der Waals surface area contributed by atoms with E-state index in [2.05, 4.69) is 16.0 Å². The fourth-order valence-corrected chi connectivity index (χ4v) is 3.09. The first kappa shape index (κ1) is 17.8. The molecule has 0 spiro atoms. The van der Waals surface area contributed by atoms with Crippen molar-refractivity contribution in [1.82, 2.24) is 20.6 Å². The van der Waals surface area contributed by atoms with Crippen LogP contribution in [-0.2, 0) is 16.1 Å². The fraction of sp³-hybridized carbons (Fsp3) is 0.176. The molecule has 2 amide bonds. The van der Waals surface area contributed by atoms with Crippen molar-refractivity contribution in [2.45, 2.75) is 12.6 Å². The maximum absolute atomic E-state index is 12.2. The number of carbonyl (C=O) groups excluding carboxylic acids is 2. The van der Waals surface area contributed by atoms with Gasteiger partial charge < -0.3 is 13.9 Å². The molecule has 3 heterocycles.